The van der Waals surface area contributed by atoms with Crippen molar-refractivity contribution in [3.05, 3.63) is 16.1 Å². The Morgan fingerprint density at radius 3 is 3.12 bits per heavy atom. The molecule has 7 heteroatoms. The first-order valence-corrected chi connectivity index (χ1v) is 6.21. The lowest BCUT2D eigenvalue weighted by Gasteiger charge is -2.23. The van der Waals surface area contributed by atoms with E-state index in [-0.39, 0.29) is 17.0 Å². The van der Waals surface area contributed by atoms with Crippen LogP contribution >= 0.6 is 11.3 Å². The first-order chi connectivity index (χ1) is 8.15. The van der Waals surface area contributed by atoms with E-state index in [4.69, 9.17) is 5.11 Å². The topological polar surface area (TPSA) is 91.3 Å². The lowest BCUT2D eigenvalue weighted by Crippen LogP contribution is -2.45. The molecule has 2 heterocycles. The number of amides is 1. The van der Waals surface area contributed by atoms with Crippen LogP contribution < -0.4 is 10.6 Å². The summed E-state index contributed by atoms with van der Waals surface area (Å²) in [6.07, 6.45) is 1.34. The Hall–Kier alpha value is -1.47. The Morgan fingerprint density at radius 1 is 1.71 bits per heavy atom. The van der Waals surface area contributed by atoms with Crippen molar-refractivity contribution in [2.24, 2.45) is 0 Å². The molecule has 6 nitrogen and oxygen atoms in total. The lowest BCUT2D eigenvalue weighted by molar-refractivity contribution is -0.122. The molecule has 1 aromatic heterocycles. The van der Waals surface area contributed by atoms with Crippen molar-refractivity contribution in [1.29, 1.82) is 0 Å². The molecule has 1 aromatic rings. The first-order valence-electron chi connectivity index (χ1n) is 5.33. The maximum atomic E-state index is 10.9. The molecule has 0 radical (unpaired) electrons. The monoisotopic (exact) mass is 255 g/mol. The normalized spacial score (nSPS) is 20.0. The molecule has 92 valence electrons. The molecule has 1 unspecified atom stereocenters. The van der Waals surface area contributed by atoms with E-state index in [0.29, 0.717) is 19.5 Å². The summed E-state index contributed by atoms with van der Waals surface area (Å²) in [6.45, 7) is 1.15. The number of carbonyl (C=O) groups is 2. The largest absolute Gasteiger partial charge is 0.476 e. The fourth-order valence-electron chi connectivity index (χ4n) is 1.64. The van der Waals surface area contributed by atoms with Crippen LogP contribution in [0.2, 0.25) is 0 Å². The van der Waals surface area contributed by atoms with Crippen LogP contribution in [0.3, 0.4) is 0 Å². The van der Waals surface area contributed by atoms with Crippen LogP contribution in [-0.2, 0) is 11.3 Å². The molecule has 2 rings (SSSR count). The van der Waals surface area contributed by atoms with Crippen LogP contribution in [0.25, 0.3) is 0 Å². The first kappa shape index (κ1) is 12.0. The Bertz CT molecular complexity index is 422. The number of piperidine rings is 1. The van der Waals surface area contributed by atoms with E-state index < -0.39 is 5.97 Å². The third-order valence-electron chi connectivity index (χ3n) is 2.57. The number of nitrogens with one attached hydrogen (secondary N) is 2. The minimum absolute atomic E-state index is 0.0878. The van der Waals surface area contributed by atoms with Gasteiger partial charge in [0, 0.05) is 30.9 Å². The highest BCUT2D eigenvalue weighted by atomic mass is 32.1. The van der Waals surface area contributed by atoms with Gasteiger partial charge in [-0.25, -0.2) is 9.78 Å². The zero-order chi connectivity index (χ0) is 12.3. The minimum atomic E-state index is -0.994. The zero-order valence-electron chi connectivity index (χ0n) is 9.10. The third-order valence-corrected chi connectivity index (χ3v) is 3.45. The standard InChI is InChI=1S/C10H13N3O3S/c14-8-2-1-6(3-12-8)11-4-7-5-17-9(13-7)10(15)16/h5-6,11H,1-4H2,(H,12,14)(H,15,16). The number of aromatic nitrogens is 1. The van der Waals surface area contributed by atoms with Crippen molar-refractivity contribution >= 4 is 23.2 Å². The Balaban J connectivity index is 1.81. The third kappa shape index (κ3) is 3.24. The summed E-state index contributed by atoms with van der Waals surface area (Å²) in [7, 11) is 0. The smallest absolute Gasteiger partial charge is 0.365 e. The van der Waals surface area contributed by atoms with E-state index >= 15 is 0 Å². The second-order valence-corrected chi connectivity index (χ2v) is 4.73. The maximum absolute atomic E-state index is 10.9. The van der Waals surface area contributed by atoms with Gasteiger partial charge in [-0.15, -0.1) is 11.3 Å². The van der Waals surface area contributed by atoms with Gasteiger partial charge in [0.15, 0.2) is 0 Å². The van der Waals surface area contributed by atoms with Crippen molar-refractivity contribution in [2.75, 3.05) is 6.54 Å². The number of thiazole rings is 1. The molecule has 1 saturated heterocycles. The van der Waals surface area contributed by atoms with Crippen LogP contribution in [0, 0.1) is 0 Å². The van der Waals surface area contributed by atoms with E-state index in [2.05, 4.69) is 15.6 Å². The van der Waals surface area contributed by atoms with E-state index in [0.717, 1.165) is 23.5 Å². The number of nitrogens with zero attached hydrogens (tertiary/aromatic N) is 1. The van der Waals surface area contributed by atoms with E-state index in [1.54, 1.807) is 5.38 Å². The van der Waals surface area contributed by atoms with Crippen molar-refractivity contribution in [3.63, 3.8) is 0 Å². The average Bonchev–Trinajstić information content (AvgIpc) is 2.77. The van der Waals surface area contributed by atoms with Crippen LogP contribution in [0.1, 0.15) is 28.3 Å². The summed E-state index contributed by atoms with van der Waals surface area (Å²) in [4.78, 5) is 25.6. The highest BCUT2D eigenvalue weighted by Crippen LogP contribution is 2.10. The zero-order valence-corrected chi connectivity index (χ0v) is 9.92. The molecule has 3 N–H and O–H groups in total. The number of hydrogen-bond acceptors (Lipinski definition) is 5. The summed E-state index contributed by atoms with van der Waals surface area (Å²) >= 11 is 1.12. The van der Waals surface area contributed by atoms with Crippen LogP contribution in [-0.4, -0.2) is 34.6 Å². The summed E-state index contributed by atoms with van der Waals surface area (Å²) < 4.78 is 0. The predicted octanol–water partition coefficient (Wildman–Crippen LogP) is 0.210. The molecule has 0 aliphatic carbocycles. The molecule has 1 amide bonds. The SMILES string of the molecule is O=C1CCC(NCc2csc(C(=O)O)n2)CN1. The van der Waals surface area contributed by atoms with Gasteiger partial charge in [-0.3, -0.25) is 4.79 Å². The maximum Gasteiger partial charge on any atom is 0.365 e. The van der Waals surface area contributed by atoms with Gasteiger partial charge in [-0.1, -0.05) is 0 Å². The van der Waals surface area contributed by atoms with E-state index in [1.165, 1.54) is 0 Å². The van der Waals surface area contributed by atoms with Gasteiger partial charge in [0.05, 0.1) is 5.69 Å². The fraction of sp³-hybridized carbons (Fsp3) is 0.500. The lowest BCUT2D eigenvalue weighted by atomic mass is 10.1. The molecule has 0 bridgehead atoms. The van der Waals surface area contributed by atoms with Crippen molar-refractivity contribution in [3.8, 4) is 0 Å². The second-order valence-electron chi connectivity index (χ2n) is 3.87. The molecule has 1 fully saturated rings. The van der Waals surface area contributed by atoms with Gasteiger partial charge < -0.3 is 15.7 Å². The minimum Gasteiger partial charge on any atom is -0.476 e. The number of hydrogen-bond donors (Lipinski definition) is 3. The molecule has 17 heavy (non-hydrogen) atoms. The molecule has 0 spiro atoms. The van der Waals surface area contributed by atoms with E-state index in [9.17, 15) is 9.59 Å². The van der Waals surface area contributed by atoms with Gasteiger partial charge >= 0.3 is 5.97 Å². The Labute approximate surface area is 102 Å². The fourth-order valence-corrected chi connectivity index (χ4v) is 2.30. The highest BCUT2D eigenvalue weighted by molar-refractivity contribution is 7.11. The highest BCUT2D eigenvalue weighted by Gasteiger charge is 2.17. The summed E-state index contributed by atoms with van der Waals surface area (Å²) in [6, 6.07) is 0.239. The summed E-state index contributed by atoms with van der Waals surface area (Å²) in [5.41, 5.74) is 0.726. The molecule has 0 saturated carbocycles. The molecule has 1 aliphatic rings. The number of carboxylic acids is 1. The van der Waals surface area contributed by atoms with Gasteiger partial charge in [0.1, 0.15) is 0 Å². The molecule has 1 aliphatic heterocycles. The molecular formula is C10H13N3O3S. The Morgan fingerprint density at radius 2 is 2.53 bits per heavy atom. The van der Waals surface area contributed by atoms with Gasteiger partial charge in [-0.05, 0) is 6.42 Å². The van der Waals surface area contributed by atoms with Crippen molar-refractivity contribution in [1.82, 2.24) is 15.6 Å². The number of carboxylic acid groups (broad SMARTS) is 1. The number of aromatic carboxylic acids is 1. The Kier molecular flexibility index (Phi) is 3.70. The number of carbonyl (C=O) groups excluding carboxylic acids is 1. The summed E-state index contributed by atoms with van der Waals surface area (Å²) in [5, 5.41) is 16.6. The quantitative estimate of drug-likeness (QED) is 0.715. The number of rotatable bonds is 4. The van der Waals surface area contributed by atoms with E-state index in [1.807, 2.05) is 0 Å². The van der Waals surface area contributed by atoms with Gasteiger partial charge in [0.2, 0.25) is 10.9 Å². The predicted molar refractivity (Wildman–Crippen MR) is 61.9 cm³/mol. The second kappa shape index (κ2) is 5.24. The van der Waals surface area contributed by atoms with Crippen molar-refractivity contribution in [2.45, 2.75) is 25.4 Å². The van der Waals surface area contributed by atoms with Crippen LogP contribution in [0.5, 0.6) is 0 Å². The summed E-state index contributed by atoms with van der Waals surface area (Å²) in [5.74, 6) is -0.906. The average molecular weight is 255 g/mol. The van der Waals surface area contributed by atoms with Crippen molar-refractivity contribution < 1.29 is 14.7 Å². The van der Waals surface area contributed by atoms with Crippen LogP contribution in [0.4, 0.5) is 0 Å². The van der Waals surface area contributed by atoms with Gasteiger partial charge in [0.25, 0.3) is 0 Å². The van der Waals surface area contributed by atoms with Crippen LogP contribution in [0.15, 0.2) is 5.38 Å². The molecule has 0 aromatic carbocycles. The van der Waals surface area contributed by atoms with Gasteiger partial charge in [-0.2, -0.15) is 0 Å². The molecule has 1 atom stereocenters. The molecular weight excluding hydrogens is 242 g/mol.